The molecule has 10 nitrogen and oxygen atoms in total. The number of carbonyl (C=O) groups is 4. The van der Waals surface area contributed by atoms with Crippen LogP contribution in [0.1, 0.15) is 47.2 Å². The quantitative estimate of drug-likeness (QED) is 0.334. The molecule has 3 rings (SSSR count). The zero-order chi connectivity index (χ0) is 26.4. The van der Waals surface area contributed by atoms with Crippen molar-refractivity contribution in [3.05, 3.63) is 63.9 Å². The Labute approximate surface area is 207 Å². The maximum Gasteiger partial charge on any atom is 0.338 e. The molecule has 2 heterocycles. The first-order chi connectivity index (χ1) is 17.2. The molecule has 1 aromatic carbocycles. The van der Waals surface area contributed by atoms with E-state index in [9.17, 15) is 29.5 Å². The fourth-order valence-corrected chi connectivity index (χ4v) is 3.60. The lowest BCUT2D eigenvalue weighted by atomic mass is 9.95. The molecule has 0 unspecified atom stereocenters. The van der Waals surface area contributed by atoms with Crippen LogP contribution in [0.3, 0.4) is 0 Å². The second-order valence-corrected chi connectivity index (χ2v) is 7.60. The largest absolute Gasteiger partial charge is 0.462 e. The number of imide groups is 1. The molecule has 0 aliphatic carbocycles. The molecule has 2 amide bonds. The van der Waals surface area contributed by atoms with Gasteiger partial charge in [0.15, 0.2) is 0 Å². The fourth-order valence-electron chi connectivity index (χ4n) is 3.60. The van der Waals surface area contributed by atoms with E-state index in [1.54, 1.807) is 26.0 Å². The minimum absolute atomic E-state index is 0.0630. The normalized spacial score (nSPS) is 14.8. The number of nitriles is 1. The van der Waals surface area contributed by atoms with E-state index in [1.165, 1.54) is 31.2 Å². The lowest BCUT2D eigenvalue weighted by molar-refractivity contribution is -0.141. The molecule has 0 radical (unpaired) electrons. The van der Waals surface area contributed by atoms with Crippen molar-refractivity contribution in [3.63, 3.8) is 0 Å². The average molecular weight is 492 g/mol. The summed E-state index contributed by atoms with van der Waals surface area (Å²) in [6.07, 6.45) is 1.39. The topological polar surface area (TPSA) is 147 Å². The highest BCUT2D eigenvalue weighted by Crippen LogP contribution is 2.30. The molecule has 0 bridgehead atoms. The summed E-state index contributed by atoms with van der Waals surface area (Å²) in [5, 5.41) is 18.6. The van der Waals surface area contributed by atoms with Gasteiger partial charge in [0.2, 0.25) is 0 Å². The number of benzene rings is 1. The average Bonchev–Trinajstić information content (AvgIpc) is 3.33. The molecular formula is C26H24N2O8. The first kappa shape index (κ1) is 26.1. The van der Waals surface area contributed by atoms with Crippen LogP contribution < -0.4 is 0 Å². The van der Waals surface area contributed by atoms with Crippen LogP contribution in [0.5, 0.6) is 0 Å². The van der Waals surface area contributed by atoms with Crippen LogP contribution in [-0.2, 0) is 19.1 Å². The standard InChI is InChI=1S/C26H24N2O8/c1-4-34-25(32)17-10-16(11-18(12-17)26(33)35-5-2)22-7-6-19(36-22)13-20-15(3)21(14-27)24(31)28(8-9-29)23(20)30/h6-7,10-13,29H,4-5,8-9H2,1-3H3/b20-13+. The molecule has 1 aliphatic rings. The Bertz CT molecular complexity index is 1290. The Morgan fingerprint density at radius 3 is 2.19 bits per heavy atom. The van der Waals surface area contributed by atoms with Gasteiger partial charge >= 0.3 is 11.9 Å². The van der Waals surface area contributed by atoms with Gasteiger partial charge in [-0.1, -0.05) is 0 Å². The zero-order valence-electron chi connectivity index (χ0n) is 20.0. The van der Waals surface area contributed by atoms with Crippen LogP contribution in [-0.4, -0.2) is 60.1 Å². The first-order valence-electron chi connectivity index (χ1n) is 11.1. The van der Waals surface area contributed by atoms with Gasteiger partial charge in [0, 0.05) is 11.1 Å². The van der Waals surface area contributed by atoms with Gasteiger partial charge < -0.3 is 19.0 Å². The van der Waals surface area contributed by atoms with Crippen molar-refractivity contribution in [2.45, 2.75) is 20.8 Å². The maximum absolute atomic E-state index is 12.9. The molecule has 0 spiro atoms. The maximum atomic E-state index is 12.9. The molecule has 0 saturated carbocycles. The highest BCUT2D eigenvalue weighted by molar-refractivity contribution is 6.19. The number of esters is 2. The summed E-state index contributed by atoms with van der Waals surface area (Å²) in [6, 6.07) is 9.33. The SMILES string of the molecule is CCOC(=O)c1cc(C(=O)OCC)cc(-c2ccc(/C=C3/C(=O)N(CCO)C(=O)C(C#N)=C3C)o2)c1. The Balaban J connectivity index is 2.06. The van der Waals surface area contributed by atoms with E-state index in [1.807, 2.05) is 6.07 Å². The molecule has 1 aromatic heterocycles. The summed E-state index contributed by atoms with van der Waals surface area (Å²) in [4.78, 5) is 50.8. The Morgan fingerprint density at radius 2 is 1.67 bits per heavy atom. The summed E-state index contributed by atoms with van der Waals surface area (Å²) in [6.45, 7) is 4.40. The van der Waals surface area contributed by atoms with E-state index in [4.69, 9.17) is 13.9 Å². The summed E-state index contributed by atoms with van der Waals surface area (Å²) < 4.78 is 16.0. The first-order valence-corrected chi connectivity index (χ1v) is 11.1. The minimum Gasteiger partial charge on any atom is -0.462 e. The van der Waals surface area contributed by atoms with Crippen LogP contribution in [0.15, 0.2) is 51.5 Å². The van der Waals surface area contributed by atoms with Crippen LogP contribution in [0, 0.1) is 11.3 Å². The zero-order valence-corrected chi connectivity index (χ0v) is 20.0. The Morgan fingerprint density at radius 1 is 1.06 bits per heavy atom. The van der Waals surface area contributed by atoms with Crippen LogP contribution >= 0.6 is 0 Å². The predicted molar refractivity (Wildman–Crippen MR) is 126 cm³/mol. The number of ether oxygens (including phenoxy) is 2. The van der Waals surface area contributed by atoms with Gasteiger partial charge in [-0.25, -0.2) is 9.59 Å². The predicted octanol–water partition coefficient (Wildman–Crippen LogP) is 2.88. The van der Waals surface area contributed by atoms with Crippen molar-refractivity contribution < 1.29 is 38.2 Å². The lowest BCUT2D eigenvalue weighted by Crippen LogP contribution is -2.44. The number of hydrogen-bond acceptors (Lipinski definition) is 9. The third-order valence-electron chi connectivity index (χ3n) is 5.30. The van der Waals surface area contributed by atoms with E-state index in [-0.39, 0.29) is 59.1 Å². The van der Waals surface area contributed by atoms with Crippen molar-refractivity contribution in [2.24, 2.45) is 0 Å². The minimum atomic E-state index is -0.770. The molecule has 0 saturated heterocycles. The number of aliphatic hydroxyl groups is 1. The summed E-state index contributed by atoms with van der Waals surface area (Å²) >= 11 is 0. The molecule has 1 aliphatic heterocycles. The number of furan rings is 1. The fraction of sp³-hybridized carbons (Fsp3) is 0.269. The van der Waals surface area contributed by atoms with Gasteiger partial charge in [-0.05, 0) is 62.8 Å². The highest BCUT2D eigenvalue weighted by Gasteiger charge is 2.35. The van der Waals surface area contributed by atoms with Crippen molar-refractivity contribution in [1.82, 2.24) is 4.90 Å². The van der Waals surface area contributed by atoms with E-state index in [0.717, 1.165) is 4.90 Å². The van der Waals surface area contributed by atoms with Gasteiger partial charge in [0.1, 0.15) is 23.2 Å². The van der Waals surface area contributed by atoms with E-state index in [2.05, 4.69) is 0 Å². The molecule has 0 fully saturated rings. The van der Waals surface area contributed by atoms with E-state index >= 15 is 0 Å². The molecular weight excluding hydrogens is 468 g/mol. The number of β-amino-alcohol motifs (C(OH)–C–C–N with tert-alkyl or cyclic N) is 1. The number of nitrogens with zero attached hydrogens (tertiary/aromatic N) is 2. The van der Waals surface area contributed by atoms with E-state index in [0.29, 0.717) is 5.56 Å². The van der Waals surface area contributed by atoms with Gasteiger partial charge in [-0.15, -0.1) is 0 Å². The molecule has 186 valence electrons. The number of aliphatic hydroxyl groups excluding tert-OH is 1. The molecule has 1 N–H and O–H groups in total. The number of rotatable bonds is 8. The van der Waals surface area contributed by atoms with Crippen LogP contribution in [0.2, 0.25) is 0 Å². The molecule has 2 aromatic rings. The number of hydrogen-bond donors (Lipinski definition) is 1. The molecule has 36 heavy (non-hydrogen) atoms. The Kier molecular flexibility index (Phi) is 8.19. The highest BCUT2D eigenvalue weighted by atomic mass is 16.5. The van der Waals surface area contributed by atoms with Crippen LogP contribution in [0.4, 0.5) is 0 Å². The summed E-state index contributed by atoms with van der Waals surface area (Å²) in [5.74, 6) is -2.17. The summed E-state index contributed by atoms with van der Waals surface area (Å²) in [7, 11) is 0. The van der Waals surface area contributed by atoms with Gasteiger partial charge in [0.25, 0.3) is 11.8 Å². The van der Waals surface area contributed by atoms with Gasteiger partial charge in [0.05, 0.1) is 37.5 Å². The second kappa shape index (κ2) is 11.3. The summed E-state index contributed by atoms with van der Waals surface area (Å²) in [5.41, 5.74) is 0.702. The van der Waals surface area contributed by atoms with Gasteiger partial charge in [-0.2, -0.15) is 5.26 Å². The molecule has 10 heteroatoms. The number of carbonyl (C=O) groups excluding carboxylic acids is 4. The van der Waals surface area contributed by atoms with Crippen molar-refractivity contribution in [1.29, 1.82) is 5.26 Å². The van der Waals surface area contributed by atoms with Crippen molar-refractivity contribution >= 4 is 29.8 Å². The second-order valence-electron chi connectivity index (χ2n) is 7.60. The lowest BCUT2D eigenvalue weighted by Gasteiger charge is -2.26. The van der Waals surface area contributed by atoms with Crippen LogP contribution in [0.25, 0.3) is 17.4 Å². The Hall–Kier alpha value is -4.49. The smallest absolute Gasteiger partial charge is 0.338 e. The van der Waals surface area contributed by atoms with Gasteiger partial charge in [-0.3, -0.25) is 14.5 Å². The monoisotopic (exact) mass is 492 g/mol. The third kappa shape index (κ3) is 5.26. The van der Waals surface area contributed by atoms with Crippen molar-refractivity contribution in [2.75, 3.05) is 26.4 Å². The number of amides is 2. The third-order valence-corrected chi connectivity index (χ3v) is 5.30. The molecule has 0 atom stereocenters. The van der Waals surface area contributed by atoms with Crippen molar-refractivity contribution in [3.8, 4) is 17.4 Å². The van der Waals surface area contributed by atoms with E-state index < -0.39 is 30.4 Å².